The smallest absolute Gasteiger partial charge is 0.229 e. The summed E-state index contributed by atoms with van der Waals surface area (Å²) < 4.78 is 14.9. The van der Waals surface area contributed by atoms with Gasteiger partial charge < -0.3 is 5.32 Å². The van der Waals surface area contributed by atoms with Crippen molar-refractivity contribution in [2.24, 2.45) is 0 Å². The van der Waals surface area contributed by atoms with Gasteiger partial charge in [0.15, 0.2) is 0 Å². The van der Waals surface area contributed by atoms with Gasteiger partial charge in [0.2, 0.25) is 5.91 Å². The standard InChI is InChI=1S/C20H16FN3OS/c21-16-5-3-14(4-6-16)13-24-19-8-7-17(10-15(19)12-22-24)23-20(25)11-18-2-1-9-26-18/h1-10,12H,11,13H2,(H,23,25). The molecule has 0 bridgehead atoms. The molecule has 1 amide bonds. The molecule has 0 radical (unpaired) electrons. The molecule has 0 aliphatic heterocycles. The number of carbonyl (C=O) groups excluding carboxylic acids is 1. The van der Waals surface area contributed by atoms with Gasteiger partial charge in [-0.2, -0.15) is 5.10 Å². The maximum absolute atomic E-state index is 13.0. The average molecular weight is 365 g/mol. The van der Waals surface area contributed by atoms with Crippen LogP contribution in [0.5, 0.6) is 0 Å². The fourth-order valence-corrected chi connectivity index (χ4v) is 3.53. The molecular formula is C20H16FN3OS. The first-order chi connectivity index (χ1) is 12.7. The molecule has 2 heterocycles. The van der Waals surface area contributed by atoms with Gasteiger partial charge in [-0.25, -0.2) is 4.39 Å². The summed E-state index contributed by atoms with van der Waals surface area (Å²) in [5.41, 5.74) is 2.69. The number of halogens is 1. The average Bonchev–Trinajstić information content (AvgIpc) is 3.27. The molecule has 4 nitrogen and oxygen atoms in total. The van der Waals surface area contributed by atoms with Crippen molar-refractivity contribution in [2.75, 3.05) is 5.32 Å². The first-order valence-electron chi connectivity index (χ1n) is 8.20. The molecule has 2 aromatic heterocycles. The van der Waals surface area contributed by atoms with E-state index in [1.807, 2.05) is 40.4 Å². The molecule has 0 aliphatic rings. The number of amides is 1. The Morgan fingerprint density at radius 2 is 2.00 bits per heavy atom. The van der Waals surface area contributed by atoms with Crippen LogP contribution in [0.1, 0.15) is 10.4 Å². The molecule has 2 aromatic carbocycles. The highest BCUT2D eigenvalue weighted by Crippen LogP contribution is 2.20. The fraction of sp³-hybridized carbons (Fsp3) is 0.100. The van der Waals surface area contributed by atoms with Crippen LogP contribution >= 0.6 is 11.3 Å². The number of fused-ring (bicyclic) bond motifs is 1. The molecule has 0 saturated heterocycles. The molecule has 130 valence electrons. The van der Waals surface area contributed by atoms with Crippen molar-refractivity contribution in [3.63, 3.8) is 0 Å². The van der Waals surface area contributed by atoms with E-state index in [2.05, 4.69) is 10.4 Å². The van der Waals surface area contributed by atoms with Gasteiger partial charge in [-0.05, 0) is 47.3 Å². The highest BCUT2D eigenvalue weighted by Gasteiger charge is 2.08. The zero-order chi connectivity index (χ0) is 17.9. The highest BCUT2D eigenvalue weighted by molar-refractivity contribution is 7.10. The number of carbonyl (C=O) groups is 1. The van der Waals surface area contributed by atoms with Crippen molar-refractivity contribution < 1.29 is 9.18 Å². The Hall–Kier alpha value is -2.99. The molecule has 0 saturated carbocycles. The Bertz CT molecular complexity index is 1040. The van der Waals surface area contributed by atoms with E-state index in [-0.39, 0.29) is 11.7 Å². The van der Waals surface area contributed by atoms with Crippen LogP contribution in [0.25, 0.3) is 10.9 Å². The summed E-state index contributed by atoms with van der Waals surface area (Å²) in [7, 11) is 0. The monoisotopic (exact) mass is 365 g/mol. The van der Waals surface area contributed by atoms with Crippen LogP contribution in [0.4, 0.5) is 10.1 Å². The highest BCUT2D eigenvalue weighted by atomic mass is 32.1. The number of hydrogen-bond donors (Lipinski definition) is 1. The van der Waals surface area contributed by atoms with Gasteiger partial charge in [-0.3, -0.25) is 9.48 Å². The van der Waals surface area contributed by atoms with Gasteiger partial charge in [0.05, 0.1) is 24.7 Å². The van der Waals surface area contributed by atoms with Crippen LogP contribution in [-0.4, -0.2) is 15.7 Å². The van der Waals surface area contributed by atoms with Gasteiger partial charge in [-0.1, -0.05) is 18.2 Å². The normalized spacial score (nSPS) is 11.0. The lowest BCUT2D eigenvalue weighted by atomic mass is 10.2. The molecule has 26 heavy (non-hydrogen) atoms. The number of nitrogens with one attached hydrogen (secondary N) is 1. The van der Waals surface area contributed by atoms with Crippen molar-refractivity contribution in [1.82, 2.24) is 9.78 Å². The second kappa shape index (κ2) is 7.09. The summed E-state index contributed by atoms with van der Waals surface area (Å²) in [4.78, 5) is 13.2. The van der Waals surface area contributed by atoms with Gasteiger partial charge in [-0.15, -0.1) is 11.3 Å². The van der Waals surface area contributed by atoms with Crippen molar-refractivity contribution >= 4 is 33.8 Å². The summed E-state index contributed by atoms with van der Waals surface area (Å²) >= 11 is 1.57. The molecule has 0 fully saturated rings. The molecule has 4 aromatic rings. The third-order valence-electron chi connectivity index (χ3n) is 4.09. The van der Waals surface area contributed by atoms with E-state index < -0.39 is 0 Å². The molecule has 1 N–H and O–H groups in total. The predicted octanol–water partition coefficient (Wildman–Crippen LogP) is 4.47. The second-order valence-electron chi connectivity index (χ2n) is 6.01. The third-order valence-corrected chi connectivity index (χ3v) is 4.96. The number of benzene rings is 2. The Labute approximate surface area is 153 Å². The maximum atomic E-state index is 13.0. The molecule has 6 heteroatoms. The molecule has 0 spiro atoms. The minimum atomic E-state index is -0.248. The number of anilines is 1. The largest absolute Gasteiger partial charge is 0.326 e. The summed E-state index contributed by atoms with van der Waals surface area (Å²) in [6.07, 6.45) is 2.15. The lowest BCUT2D eigenvalue weighted by Gasteiger charge is -2.06. The minimum Gasteiger partial charge on any atom is -0.326 e. The van der Waals surface area contributed by atoms with Gasteiger partial charge in [0.25, 0.3) is 0 Å². The summed E-state index contributed by atoms with van der Waals surface area (Å²) in [6.45, 7) is 0.563. The van der Waals surface area contributed by atoms with Gasteiger partial charge in [0, 0.05) is 16.0 Å². The Morgan fingerprint density at radius 3 is 2.77 bits per heavy atom. The zero-order valence-corrected chi connectivity index (χ0v) is 14.7. The molecule has 0 unspecified atom stereocenters. The van der Waals surface area contributed by atoms with E-state index in [0.29, 0.717) is 13.0 Å². The maximum Gasteiger partial charge on any atom is 0.229 e. The lowest BCUT2D eigenvalue weighted by Crippen LogP contribution is -2.13. The lowest BCUT2D eigenvalue weighted by molar-refractivity contribution is -0.115. The number of thiophene rings is 1. The van der Waals surface area contributed by atoms with E-state index >= 15 is 0 Å². The molecule has 0 aliphatic carbocycles. The van der Waals surface area contributed by atoms with Crippen LogP contribution in [0.3, 0.4) is 0 Å². The minimum absolute atomic E-state index is 0.0366. The van der Waals surface area contributed by atoms with Crippen molar-refractivity contribution in [3.05, 3.63) is 82.4 Å². The molecular weight excluding hydrogens is 349 g/mol. The number of hydrogen-bond acceptors (Lipinski definition) is 3. The van der Waals surface area contributed by atoms with Crippen LogP contribution in [0.2, 0.25) is 0 Å². The SMILES string of the molecule is O=C(Cc1cccs1)Nc1ccc2c(cnn2Cc2ccc(F)cc2)c1. The summed E-state index contributed by atoms with van der Waals surface area (Å²) in [6, 6.07) is 16.0. The van der Waals surface area contributed by atoms with E-state index in [4.69, 9.17) is 0 Å². The zero-order valence-electron chi connectivity index (χ0n) is 13.9. The van der Waals surface area contributed by atoms with Crippen LogP contribution in [0, 0.1) is 5.82 Å². The Kier molecular flexibility index (Phi) is 4.50. The van der Waals surface area contributed by atoms with Gasteiger partial charge >= 0.3 is 0 Å². The number of nitrogens with zero attached hydrogens (tertiary/aromatic N) is 2. The quantitative estimate of drug-likeness (QED) is 0.567. The number of aromatic nitrogens is 2. The van der Waals surface area contributed by atoms with Gasteiger partial charge in [0.1, 0.15) is 5.82 Å². The third kappa shape index (κ3) is 3.65. The van der Waals surface area contributed by atoms with E-state index in [9.17, 15) is 9.18 Å². The van der Waals surface area contributed by atoms with E-state index in [1.165, 1.54) is 12.1 Å². The topological polar surface area (TPSA) is 46.9 Å². The fourth-order valence-electron chi connectivity index (χ4n) is 2.83. The predicted molar refractivity (Wildman–Crippen MR) is 102 cm³/mol. The molecule has 0 atom stereocenters. The molecule has 4 rings (SSSR count). The van der Waals surface area contributed by atoms with Crippen LogP contribution in [-0.2, 0) is 17.8 Å². The second-order valence-corrected chi connectivity index (χ2v) is 7.04. The van der Waals surface area contributed by atoms with Crippen LogP contribution < -0.4 is 5.32 Å². The van der Waals surface area contributed by atoms with Crippen LogP contribution in [0.15, 0.2) is 66.2 Å². The van der Waals surface area contributed by atoms with E-state index in [0.717, 1.165) is 27.0 Å². The van der Waals surface area contributed by atoms with Crippen molar-refractivity contribution in [3.8, 4) is 0 Å². The first kappa shape index (κ1) is 16.5. The van der Waals surface area contributed by atoms with Crippen molar-refractivity contribution in [1.29, 1.82) is 0 Å². The van der Waals surface area contributed by atoms with Crippen molar-refractivity contribution in [2.45, 2.75) is 13.0 Å². The Morgan fingerprint density at radius 1 is 1.15 bits per heavy atom. The Balaban J connectivity index is 1.49. The van der Waals surface area contributed by atoms with E-state index in [1.54, 1.807) is 29.7 Å². The summed E-state index contributed by atoms with van der Waals surface area (Å²) in [5.74, 6) is -0.285. The number of rotatable bonds is 5. The first-order valence-corrected chi connectivity index (χ1v) is 9.07. The summed E-state index contributed by atoms with van der Waals surface area (Å²) in [5, 5.41) is 10.2.